The fourth-order valence-corrected chi connectivity index (χ4v) is 5.19. The van der Waals surface area contributed by atoms with Gasteiger partial charge in [0.1, 0.15) is 11.6 Å². The minimum atomic E-state index is -3.71. The molecule has 0 bridgehead atoms. The lowest BCUT2D eigenvalue weighted by Gasteiger charge is -2.29. The van der Waals surface area contributed by atoms with Crippen molar-refractivity contribution in [1.29, 1.82) is 0 Å². The van der Waals surface area contributed by atoms with Gasteiger partial charge >= 0.3 is 0 Å². The first-order valence-corrected chi connectivity index (χ1v) is 11.8. The summed E-state index contributed by atoms with van der Waals surface area (Å²) in [5.41, 5.74) is 0. The second kappa shape index (κ2) is 9.58. The van der Waals surface area contributed by atoms with Crippen molar-refractivity contribution < 1.29 is 13.2 Å². The monoisotopic (exact) mass is 392 g/mol. The van der Waals surface area contributed by atoms with Gasteiger partial charge in [0.25, 0.3) is 10.0 Å². The summed E-state index contributed by atoms with van der Waals surface area (Å²) in [5, 5.41) is 0. The maximum absolute atomic E-state index is 13.0. The van der Waals surface area contributed by atoms with Gasteiger partial charge in [0.15, 0.2) is 0 Å². The fourth-order valence-electron chi connectivity index (χ4n) is 4.14. The Labute approximate surface area is 163 Å². The molecule has 1 aromatic rings. The Kier molecular flexibility index (Phi) is 7.16. The molecule has 2 fully saturated rings. The largest absolute Gasteiger partial charge is 0.497 e. The van der Waals surface area contributed by atoms with Crippen LogP contribution in [0.1, 0.15) is 64.2 Å². The van der Waals surface area contributed by atoms with E-state index in [-0.39, 0.29) is 4.90 Å². The number of rotatable bonds is 5. The van der Waals surface area contributed by atoms with Crippen LogP contribution in [0.5, 0.6) is 5.75 Å². The minimum absolute atomic E-state index is 0.235. The van der Waals surface area contributed by atoms with Gasteiger partial charge in [-0.2, -0.15) is 8.42 Å². The zero-order valence-corrected chi connectivity index (χ0v) is 17.2. The van der Waals surface area contributed by atoms with E-state index in [4.69, 9.17) is 4.74 Å². The average molecular weight is 393 g/mol. The molecule has 0 radical (unpaired) electrons. The standard InChI is InChI=1S/C21H32N2O3S/c1-26-19-11-13-20(14-12-19)27(24,25)22-21(17-18-9-5-4-6-10-18)23-15-7-2-3-8-16-23/h11-14,18H,2-10,15-17H2,1H3/b22-21+. The van der Waals surface area contributed by atoms with Gasteiger partial charge in [0.2, 0.25) is 0 Å². The van der Waals surface area contributed by atoms with Crippen molar-refractivity contribution in [1.82, 2.24) is 4.90 Å². The Morgan fingerprint density at radius 1 is 1.00 bits per heavy atom. The highest BCUT2D eigenvalue weighted by atomic mass is 32.2. The molecule has 5 nitrogen and oxygen atoms in total. The average Bonchev–Trinajstić information content (AvgIpc) is 2.98. The van der Waals surface area contributed by atoms with Gasteiger partial charge in [-0.05, 0) is 43.0 Å². The Balaban J connectivity index is 1.86. The number of sulfonamides is 1. The first-order valence-electron chi connectivity index (χ1n) is 10.3. The zero-order chi connectivity index (χ0) is 19.1. The Morgan fingerprint density at radius 3 is 2.19 bits per heavy atom. The lowest BCUT2D eigenvalue weighted by atomic mass is 9.86. The van der Waals surface area contributed by atoms with Crippen molar-refractivity contribution in [3.05, 3.63) is 24.3 Å². The van der Waals surface area contributed by atoms with Crippen LogP contribution in [-0.2, 0) is 10.0 Å². The number of likely N-dealkylation sites (tertiary alicyclic amines) is 1. The summed E-state index contributed by atoms with van der Waals surface area (Å²) >= 11 is 0. The van der Waals surface area contributed by atoms with Gasteiger partial charge in [0.05, 0.1) is 12.0 Å². The number of ether oxygens (including phenoxy) is 1. The molecule has 0 aromatic heterocycles. The molecule has 2 aliphatic rings. The van der Waals surface area contributed by atoms with Crippen molar-refractivity contribution in [2.24, 2.45) is 10.3 Å². The van der Waals surface area contributed by atoms with Crippen LogP contribution in [0.15, 0.2) is 33.6 Å². The van der Waals surface area contributed by atoms with E-state index in [0.29, 0.717) is 11.7 Å². The van der Waals surface area contributed by atoms with Crippen LogP contribution in [0.2, 0.25) is 0 Å². The van der Waals surface area contributed by atoms with Crippen LogP contribution in [0.3, 0.4) is 0 Å². The number of methoxy groups -OCH3 is 1. The van der Waals surface area contributed by atoms with E-state index in [9.17, 15) is 8.42 Å². The lowest BCUT2D eigenvalue weighted by Crippen LogP contribution is -2.34. The maximum Gasteiger partial charge on any atom is 0.283 e. The predicted molar refractivity (Wildman–Crippen MR) is 109 cm³/mol. The highest BCUT2D eigenvalue weighted by Gasteiger charge is 2.23. The third kappa shape index (κ3) is 5.71. The molecule has 27 heavy (non-hydrogen) atoms. The van der Waals surface area contributed by atoms with Gasteiger partial charge < -0.3 is 9.64 Å². The molecule has 0 unspecified atom stereocenters. The molecule has 1 saturated carbocycles. The molecule has 0 amide bonds. The predicted octanol–water partition coefficient (Wildman–Crippen LogP) is 4.63. The van der Waals surface area contributed by atoms with Crippen molar-refractivity contribution in [3.63, 3.8) is 0 Å². The summed E-state index contributed by atoms with van der Waals surface area (Å²) in [7, 11) is -2.13. The van der Waals surface area contributed by atoms with E-state index in [1.807, 2.05) is 0 Å². The van der Waals surface area contributed by atoms with Crippen LogP contribution in [0.25, 0.3) is 0 Å². The Bertz CT molecular complexity index is 714. The number of benzene rings is 1. The first-order chi connectivity index (χ1) is 13.1. The smallest absolute Gasteiger partial charge is 0.283 e. The summed E-state index contributed by atoms with van der Waals surface area (Å²) in [6.45, 7) is 1.84. The third-order valence-corrected chi connectivity index (χ3v) is 7.07. The summed E-state index contributed by atoms with van der Waals surface area (Å²) < 4.78 is 35.4. The van der Waals surface area contributed by atoms with Crippen LogP contribution >= 0.6 is 0 Å². The molecule has 150 valence electrons. The van der Waals surface area contributed by atoms with E-state index < -0.39 is 10.0 Å². The Hall–Kier alpha value is -1.56. The van der Waals surface area contributed by atoms with Crippen LogP contribution in [-0.4, -0.2) is 39.4 Å². The summed E-state index contributed by atoms with van der Waals surface area (Å²) in [6.07, 6.45) is 11.7. The minimum Gasteiger partial charge on any atom is -0.497 e. The summed E-state index contributed by atoms with van der Waals surface area (Å²) in [6, 6.07) is 6.51. The lowest BCUT2D eigenvalue weighted by molar-refractivity contribution is 0.346. The fraction of sp³-hybridized carbons (Fsp3) is 0.667. The molecular formula is C21H32N2O3S. The van der Waals surface area contributed by atoms with Crippen molar-refractivity contribution in [2.45, 2.75) is 69.1 Å². The topological polar surface area (TPSA) is 59.0 Å². The number of hydrogen-bond donors (Lipinski definition) is 0. The molecule has 1 aliphatic heterocycles. The molecule has 0 spiro atoms. The van der Waals surface area contributed by atoms with E-state index in [2.05, 4.69) is 9.30 Å². The van der Waals surface area contributed by atoms with Crippen molar-refractivity contribution in [2.75, 3.05) is 20.2 Å². The second-order valence-corrected chi connectivity index (χ2v) is 9.37. The van der Waals surface area contributed by atoms with Gasteiger partial charge in [-0.15, -0.1) is 4.40 Å². The maximum atomic E-state index is 13.0. The highest BCUT2D eigenvalue weighted by Crippen LogP contribution is 2.28. The molecule has 6 heteroatoms. The van der Waals surface area contributed by atoms with E-state index in [1.54, 1.807) is 31.4 Å². The third-order valence-electron chi connectivity index (χ3n) is 5.75. The van der Waals surface area contributed by atoms with E-state index >= 15 is 0 Å². The van der Waals surface area contributed by atoms with Crippen molar-refractivity contribution in [3.8, 4) is 5.75 Å². The molecular weight excluding hydrogens is 360 g/mol. The summed E-state index contributed by atoms with van der Waals surface area (Å²) in [4.78, 5) is 2.47. The van der Waals surface area contributed by atoms with Gasteiger partial charge in [-0.25, -0.2) is 0 Å². The van der Waals surface area contributed by atoms with E-state index in [0.717, 1.165) is 38.2 Å². The SMILES string of the molecule is COc1ccc(S(=O)(=O)/N=C(\CC2CCCCC2)N2CCCCCC2)cc1. The van der Waals surface area contributed by atoms with Gasteiger partial charge in [-0.3, -0.25) is 0 Å². The number of hydrogen-bond acceptors (Lipinski definition) is 3. The quantitative estimate of drug-likeness (QED) is 0.541. The molecule has 1 aliphatic carbocycles. The normalized spacial score (nSPS) is 20.3. The summed E-state index contributed by atoms with van der Waals surface area (Å²) in [5.74, 6) is 1.99. The molecule has 1 saturated heterocycles. The second-order valence-electron chi connectivity index (χ2n) is 7.77. The van der Waals surface area contributed by atoms with Crippen molar-refractivity contribution >= 4 is 15.9 Å². The number of amidine groups is 1. The zero-order valence-electron chi connectivity index (χ0n) is 16.4. The molecule has 0 N–H and O–H groups in total. The van der Waals surface area contributed by atoms with Crippen LogP contribution in [0.4, 0.5) is 0 Å². The molecule has 1 heterocycles. The van der Waals surface area contributed by atoms with Crippen LogP contribution < -0.4 is 4.74 Å². The van der Waals surface area contributed by atoms with Gasteiger partial charge in [0, 0.05) is 19.5 Å². The first kappa shape index (κ1) is 20.2. The molecule has 3 rings (SSSR count). The Morgan fingerprint density at radius 2 is 1.59 bits per heavy atom. The molecule has 0 atom stereocenters. The van der Waals surface area contributed by atoms with Crippen LogP contribution in [0, 0.1) is 5.92 Å². The highest BCUT2D eigenvalue weighted by molar-refractivity contribution is 7.90. The number of nitrogens with zero attached hydrogens (tertiary/aromatic N) is 2. The van der Waals surface area contributed by atoms with E-state index in [1.165, 1.54) is 44.9 Å². The molecule has 1 aromatic carbocycles. The van der Waals surface area contributed by atoms with Gasteiger partial charge in [-0.1, -0.05) is 44.9 Å².